The van der Waals surface area contributed by atoms with Gasteiger partial charge in [0.25, 0.3) is 5.91 Å². The van der Waals surface area contributed by atoms with Crippen LogP contribution in [0.15, 0.2) is 22.8 Å². The Morgan fingerprint density at radius 2 is 2.08 bits per heavy atom. The maximum absolute atomic E-state index is 12.4. The van der Waals surface area contributed by atoms with Gasteiger partial charge in [-0.25, -0.2) is 4.79 Å². The highest BCUT2D eigenvalue weighted by molar-refractivity contribution is 5.96. The van der Waals surface area contributed by atoms with Crippen molar-refractivity contribution in [3.05, 3.63) is 24.2 Å². The van der Waals surface area contributed by atoms with E-state index in [4.69, 9.17) is 10.2 Å². The van der Waals surface area contributed by atoms with Crippen molar-refractivity contribution in [1.29, 1.82) is 0 Å². The Bertz CT molecular complexity index is 613. The molecule has 9 heteroatoms. The third-order valence-corrected chi connectivity index (χ3v) is 3.71. The number of rotatable bonds is 5. The van der Waals surface area contributed by atoms with E-state index in [0.717, 1.165) is 12.8 Å². The number of nitrogens with two attached hydrogens (primary N) is 1. The zero-order chi connectivity index (χ0) is 17.5. The fraction of sp³-hybridized carbons (Fsp3) is 0.467. The van der Waals surface area contributed by atoms with Crippen LogP contribution in [0.1, 0.15) is 36.2 Å². The Kier molecular flexibility index (Phi) is 5.94. The number of carbonyl (C=O) groups excluding carboxylic acids is 4. The number of nitrogens with zero attached hydrogens (tertiary/aromatic N) is 1. The van der Waals surface area contributed by atoms with E-state index in [1.807, 2.05) is 5.32 Å². The minimum atomic E-state index is -0.936. The van der Waals surface area contributed by atoms with Crippen molar-refractivity contribution >= 4 is 23.8 Å². The minimum absolute atomic E-state index is 0.0528. The lowest BCUT2D eigenvalue weighted by Crippen LogP contribution is -2.52. The van der Waals surface area contributed by atoms with Gasteiger partial charge in [0.1, 0.15) is 6.04 Å². The number of likely N-dealkylation sites (tertiary alicyclic amines) is 1. The molecule has 4 N–H and O–H groups in total. The second kappa shape index (κ2) is 8.14. The molecule has 0 aliphatic carbocycles. The maximum atomic E-state index is 12.4. The van der Waals surface area contributed by atoms with Crippen LogP contribution in [-0.4, -0.2) is 47.8 Å². The highest BCUT2D eigenvalue weighted by Crippen LogP contribution is 2.20. The third-order valence-electron chi connectivity index (χ3n) is 3.71. The van der Waals surface area contributed by atoms with Gasteiger partial charge in [0.05, 0.1) is 6.26 Å². The first-order valence-electron chi connectivity index (χ1n) is 7.70. The van der Waals surface area contributed by atoms with E-state index in [9.17, 15) is 19.2 Å². The summed E-state index contributed by atoms with van der Waals surface area (Å²) in [5.74, 6) is -1.04. The van der Waals surface area contributed by atoms with E-state index in [2.05, 4.69) is 5.32 Å². The average molecular weight is 336 g/mol. The van der Waals surface area contributed by atoms with Gasteiger partial charge in [-0.1, -0.05) is 0 Å². The number of furan rings is 1. The molecule has 0 spiro atoms. The number of piperidine rings is 1. The lowest BCUT2D eigenvalue weighted by atomic mass is 10.0. The summed E-state index contributed by atoms with van der Waals surface area (Å²) in [6, 6.07) is 1.63. The maximum Gasteiger partial charge on any atom is 0.318 e. The Labute approximate surface area is 138 Å². The summed E-state index contributed by atoms with van der Waals surface area (Å²) in [7, 11) is 0. The van der Waals surface area contributed by atoms with Crippen molar-refractivity contribution in [3.8, 4) is 0 Å². The summed E-state index contributed by atoms with van der Waals surface area (Å²) in [6.07, 6.45) is 3.53. The van der Waals surface area contributed by atoms with Gasteiger partial charge < -0.3 is 20.4 Å². The Morgan fingerprint density at radius 3 is 2.75 bits per heavy atom. The predicted octanol–water partition coefficient (Wildman–Crippen LogP) is -0.0245. The van der Waals surface area contributed by atoms with Crippen LogP contribution in [0.4, 0.5) is 4.79 Å². The van der Waals surface area contributed by atoms with Gasteiger partial charge in [-0.05, 0) is 31.4 Å². The van der Waals surface area contributed by atoms with Crippen LogP contribution in [0.25, 0.3) is 0 Å². The molecule has 0 radical (unpaired) electrons. The van der Waals surface area contributed by atoms with Gasteiger partial charge in [-0.3, -0.25) is 19.7 Å². The van der Waals surface area contributed by atoms with E-state index in [1.54, 1.807) is 12.1 Å². The lowest BCUT2D eigenvalue weighted by molar-refractivity contribution is -0.126. The number of carbonyl (C=O) groups is 4. The molecule has 1 aliphatic heterocycles. The average Bonchev–Trinajstić information content (AvgIpc) is 3.07. The van der Waals surface area contributed by atoms with Crippen LogP contribution in [0, 0.1) is 0 Å². The zero-order valence-electron chi connectivity index (χ0n) is 13.1. The normalized spacial score (nSPS) is 17.2. The molecule has 1 aromatic heterocycles. The monoisotopic (exact) mass is 336 g/mol. The number of imide groups is 1. The van der Waals surface area contributed by atoms with Crippen molar-refractivity contribution in [2.45, 2.75) is 31.7 Å². The number of urea groups is 1. The summed E-state index contributed by atoms with van der Waals surface area (Å²) < 4.78 is 5.11. The van der Waals surface area contributed by atoms with Gasteiger partial charge in [0.2, 0.25) is 11.8 Å². The number of primary amides is 1. The van der Waals surface area contributed by atoms with E-state index < -0.39 is 18.0 Å². The minimum Gasteiger partial charge on any atom is -0.459 e. The second-order valence-corrected chi connectivity index (χ2v) is 5.44. The van der Waals surface area contributed by atoms with Crippen molar-refractivity contribution in [2.24, 2.45) is 5.73 Å². The first-order valence-corrected chi connectivity index (χ1v) is 7.70. The molecule has 24 heavy (non-hydrogen) atoms. The van der Waals surface area contributed by atoms with Crippen molar-refractivity contribution in [2.75, 3.05) is 13.1 Å². The first kappa shape index (κ1) is 17.5. The van der Waals surface area contributed by atoms with E-state index in [1.165, 1.54) is 11.2 Å². The van der Waals surface area contributed by atoms with E-state index in [0.29, 0.717) is 13.0 Å². The summed E-state index contributed by atoms with van der Waals surface area (Å²) in [4.78, 5) is 48.1. The van der Waals surface area contributed by atoms with Gasteiger partial charge in [0.15, 0.2) is 5.76 Å². The molecule has 0 saturated carbocycles. The largest absolute Gasteiger partial charge is 0.459 e. The zero-order valence-corrected chi connectivity index (χ0v) is 13.1. The number of hydrogen-bond donors (Lipinski definition) is 3. The first-order chi connectivity index (χ1) is 11.5. The Morgan fingerprint density at radius 1 is 1.29 bits per heavy atom. The summed E-state index contributed by atoms with van der Waals surface area (Å²) in [5.41, 5.74) is 4.83. The SMILES string of the molecule is NC(=O)NC(=O)CCNC(=O)C1CCCCN1C(=O)c1ccco1. The molecule has 1 aliphatic rings. The topological polar surface area (TPSA) is 135 Å². The quantitative estimate of drug-likeness (QED) is 0.694. The molecule has 0 bridgehead atoms. The molecule has 1 saturated heterocycles. The van der Waals surface area contributed by atoms with Crippen molar-refractivity contribution in [1.82, 2.24) is 15.5 Å². The highest BCUT2D eigenvalue weighted by atomic mass is 16.3. The molecule has 1 unspecified atom stereocenters. The van der Waals surface area contributed by atoms with Crippen LogP contribution in [-0.2, 0) is 9.59 Å². The molecule has 130 valence electrons. The Balaban J connectivity index is 1.90. The number of hydrogen-bond acceptors (Lipinski definition) is 5. The van der Waals surface area contributed by atoms with Gasteiger partial charge in [-0.2, -0.15) is 0 Å². The van der Waals surface area contributed by atoms with Crippen LogP contribution in [0.5, 0.6) is 0 Å². The van der Waals surface area contributed by atoms with E-state index in [-0.39, 0.29) is 30.5 Å². The fourth-order valence-corrected chi connectivity index (χ4v) is 2.61. The third kappa shape index (κ3) is 4.58. The van der Waals surface area contributed by atoms with Gasteiger partial charge in [0, 0.05) is 19.5 Å². The molecule has 5 amide bonds. The van der Waals surface area contributed by atoms with Crippen LogP contribution < -0.4 is 16.4 Å². The standard InChI is InChI=1S/C15H20N4O5/c16-15(23)18-12(20)6-7-17-13(21)10-4-1-2-8-19(10)14(22)11-5-3-9-24-11/h3,5,9-10H,1-2,4,6-8H2,(H,17,21)(H3,16,18,20,23). The molecule has 1 fully saturated rings. The number of amides is 5. The summed E-state index contributed by atoms with van der Waals surface area (Å²) >= 11 is 0. The lowest BCUT2D eigenvalue weighted by Gasteiger charge is -2.34. The van der Waals surface area contributed by atoms with Crippen LogP contribution >= 0.6 is 0 Å². The molecular formula is C15H20N4O5. The molecule has 2 rings (SSSR count). The van der Waals surface area contributed by atoms with Crippen molar-refractivity contribution < 1.29 is 23.6 Å². The molecule has 0 aromatic carbocycles. The predicted molar refractivity (Wildman–Crippen MR) is 82.7 cm³/mol. The second-order valence-electron chi connectivity index (χ2n) is 5.44. The Hall–Kier alpha value is -2.84. The van der Waals surface area contributed by atoms with Crippen LogP contribution in [0.2, 0.25) is 0 Å². The van der Waals surface area contributed by atoms with Gasteiger partial charge >= 0.3 is 6.03 Å². The molecular weight excluding hydrogens is 316 g/mol. The fourth-order valence-electron chi connectivity index (χ4n) is 2.61. The smallest absolute Gasteiger partial charge is 0.318 e. The molecule has 1 atom stereocenters. The summed E-state index contributed by atoms with van der Waals surface area (Å²) in [5, 5.41) is 4.52. The van der Waals surface area contributed by atoms with Crippen molar-refractivity contribution in [3.63, 3.8) is 0 Å². The molecule has 1 aromatic rings. The molecule has 2 heterocycles. The van der Waals surface area contributed by atoms with E-state index >= 15 is 0 Å². The van der Waals surface area contributed by atoms with Gasteiger partial charge in [-0.15, -0.1) is 0 Å². The highest BCUT2D eigenvalue weighted by Gasteiger charge is 2.33. The molecule has 9 nitrogen and oxygen atoms in total. The summed E-state index contributed by atoms with van der Waals surface area (Å²) in [6.45, 7) is 0.525. The van der Waals surface area contributed by atoms with Crippen LogP contribution in [0.3, 0.4) is 0 Å². The number of nitrogens with one attached hydrogen (secondary N) is 2.